The Morgan fingerprint density at radius 1 is 1.23 bits per heavy atom. The normalized spacial score (nSPS) is 21.2. The second-order valence-corrected chi connectivity index (χ2v) is 11.1. The fraction of sp³-hybridized carbons (Fsp3) is 0.630. The van der Waals surface area contributed by atoms with Crippen molar-refractivity contribution in [1.29, 1.82) is 0 Å². The minimum absolute atomic E-state index is 0.0161. The van der Waals surface area contributed by atoms with Gasteiger partial charge in [0.15, 0.2) is 0 Å². The van der Waals surface area contributed by atoms with Gasteiger partial charge in [-0.05, 0) is 52.5 Å². The number of rotatable bonds is 9. The zero-order chi connectivity index (χ0) is 28.4. The Balaban J connectivity index is 1.46. The molecule has 2 fully saturated rings. The van der Waals surface area contributed by atoms with Gasteiger partial charge in [0.05, 0.1) is 43.8 Å². The number of aliphatic hydroxyl groups excluding tert-OH is 1. The predicted octanol–water partition coefficient (Wildman–Crippen LogP) is 3.24. The van der Waals surface area contributed by atoms with E-state index in [1.165, 1.54) is 0 Å². The van der Waals surface area contributed by atoms with Crippen molar-refractivity contribution < 1.29 is 28.2 Å². The van der Waals surface area contributed by atoms with Crippen LogP contribution >= 0.6 is 0 Å². The van der Waals surface area contributed by atoms with Crippen LogP contribution in [0.5, 0.6) is 0 Å². The summed E-state index contributed by atoms with van der Waals surface area (Å²) in [6.45, 7) is 4.56. The molecule has 1 atom stereocenters. The van der Waals surface area contributed by atoms with E-state index in [1.54, 1.807) is 24.0 Å². The Labute approximate surface area is 231 Å². The van der Waals surface area contributed by atoms with Gasteiger partial charge in [0.2, 0.25) is 11.9 Å². The van der Waals surface area contributed by atoms with E-state index < -0.39 is 18.2 Å². The summed E-state index contributed by atoms with van der Waals surface area (Å²) < 4.78 is 38.3. The Bertz CT molecular complexity index is 1310. The van der Waals surface area contributed by atoms with Crippen LogP contribution in [-0.2, 0) is 19.8 Å². The van der Waals surface area contributed by atoms with Crippen molar-refractivity contribution in [3.8, 4) is 11.1 Å². The average molecular weight is 562 g/mol. The molecule has 2 aliphatic rings. The smallest absolute Gasteiger partial charge is 0.345 e. The Hall–Kier alpha value is -3.16. The van der Waals surface area contributed by atoms with Crippen molar-refractivity contribution in [2.45, 2.75) is 76.7 Å². The van der Waals surface area contributed by atoms with E-state index in [1.807, 2.05) is 29.5 Å². The number of halogens is 2. The maximum Gasteiger partial charge on any atom is 0.345 e. The molecule has 0 spiro atoms. The number of ether oxygens (including phenoxy) is 2. The van der Waals surface area contributed by atoms with Crippen LogP contribution in [0.4, 0.5) is 14.7 Å². The van der Waals surface area contributed by atoms with Gasteiger partial charge >= 0.3 is 6.61 Å². The van der Waals surface area contributed by atoms with Gasteiger partial charge in [-0.25, -0.2) is 9.50 Å². The molecule has 1 aliphatic carbocycles. The summed E-state index contributed by atoms with van der Waals surface area (Å²) in [6, 6.07) is 1.65. The van der Waals surface area contributed by atoms with E-state index in [0.717, 1.165) is 35.2 Å². The summed E-state index contributed by atoms with van der Waals surface area (Å²) in [7, 11) is 0. The number of carbonyl (C=O) groups excluding carboxylic acids is 1. The first-order valence-corrected chi connectivity index (χ1v) is 13.8. The predicted molar refractivity (Wildman–Crippen MR) is 143 cm³/mol. The van der Waals surface area contributed by atoms with Gasteiger partial charge in [-0.3, -0.25) is 9.48 Å². The fourth-order valence-corrected chi connectivity index (χ4v) is 5.47. The fourth-order valence-electron chi connectivity index (χ4n) is 5.47. The van der Waals surface area contributed by atoms with Gasteiger partial charge in [0.1, 0.15) is 5.54 Å². The number of carbonyl (C=O) groups is 1. The molecule has 11 nitrogen and oxygen atoms in total. The minimum Gasteiger partial charge on any atom is -0.393 e. The number of aliphatic hydroxyl groups is 1. The maximum absolute atomic E-state index is 13.3. The molecule has 40 heavy (non-hydrogen) atoms. The number of aromatic nitrogens is 5. The molecule has 5 rings (SSSR count). The number of alkyl halides is 2. The lowest BCUT2D eigenvalue weighted by Gasteiger charge is -2.34. The summed E-state index contributed by atoms with van der Waals surface area (Å²) >= 11 is 0. The van der Waals surface area contributed by atoms with Crippen molar-refractivity contribution in [3.05, 3.63) is 30.4 Å². The van der Waals surface area contributed by atoms with Gasteiger partial charge in [-0.2, -0.15) is 13.9 Å². The van der Waals surface area contributed by atoms with Gasteiger partial charge < -0.3 is 24.8 Å². The Kier molecular flexibility index (Phi) is 8.34. The molecular formula is C27H37F2N7O4. The molecule has 0 bridgehead atoms. The number of fused-ring (bicyclic) bond motifs is 1. The first kappa shape index (κ1) is 28.4. The van der Waals surface area contributed by atoms with Crippen LogP contribution in [0.15, 0.2) is 24.7 Å². The maximum atomic E-state index is 13.3. The number of hydrogen-bond donors (Lipinski definition) is 2. The molecule has 3 aromatic rings. The molecule has 1 saturated carbocycles. The van der Waals surface area contributed by atoms with E-state index in [4.69, 9.17) is 9.84 Å². The lowest BCUT2D eigenvalue weighted by atomic mass is 9.85. The third kappa shape index (κ3) is 5.96. The van der Waals surface area contributed by atoms with E-state index >= 15 is 0 Å². The monoisotopic (exact) mass is 561 g/mol. The summed E-state index contributed by atoms with van der Waals surface area (Å²) in [4.78, 5) is 19.6. The number of amides is 1. The highest BCUT2D eigenvalue weighted by molar-refractivity contribution is 5.85. The third-order valence-electron chi connectivity index (χ3n) is 7.80. The standard InChI is InChI=1S/C27H37F2N7O4/c1-17(16-40-25(28)29)32-26-30-14-23-21(12-22(36(23)33-26)18-4-6-20(37)7-5-18)19-13-31-35(15-19)27(2,3)24(38)34-8-10-39-11-9-34/h12-15,17-18,20,25,37H,4-11,16H2,1-3H3,(H,32,33)/t17-,18-,20-/m0/s1. The summed E-state index contributed by atoms with van der Waals surface area (Å²) in [5, 5.41) is 22.4. The van der Waals surface area contributed by atoms with Crippen molar-refractivity contribution >= 4 is 17.4 Å². The zero-order valence-electron chi connectivity index (χ0n) is 23.1. The van der Waals surface area contributed by atoms with Gasteiger partial charge in [-0.15, -0.1) is 5.10 Å². The molecule has 0 radical (unpaired) electrons. The van der Waals surface area contributed by atoms with Crippen LogP contribution < -0.4 is 5.32 Å². The van der Waals surface area contributed by atoms with Crippen LogP contribution in [0.3, 0.4) is 0 Å². The van der Waals surface area contributed by atoms with Crippen molar-refractivity contribution in [1.82, 2.24) is 29.3 Å². The number of hydrogen-bond acceptors (Lipinski definition) is 8. The highest BCUT2D eigenvalue weighted by atomic mass is 19.3. The highest BCUT2D eigenvalue weighted by Crippen LogP contribution is 2.38. The van der Waals surface area contributed by atoms with Gasteiger partial charge in [-0.1, -0.05) is 0 Å². The average Bonchev–Trinajstić information content (AvgIpc) is 3.58. The van der Waals surface area contributed by atoms with Crippen LogP contribution in [0.25, 0.3) is 16.6 Å². The first-order valence-electron chi connectivity index (χ1n) is 13.8. The van der Waals surface area contributed by atoms with Crippen molar-refractivity contribution in [2.24, 2.45) is 0 Å². The number of nitrogens with zero attached hydrogens (tertiary/aromatic N) is 6. The molecule has 0 aromatic carbocycles. The largest absolute Gasteiger partial charge is 0.393 e. The SMILES string of the molecule is C[C@@H](COC(F)F)Nc1ncc2c(-c3cnn(C(C)(C)C(=O)N4CCOCC4)c3)cc([C@H]3CC[C@H](O)CC3)n2n1. The van der Waals surface area contributed by atoms with E-state index in [2.05, 4.69) is 26.2 Å². The van der Waals surface area contributed by atoms with E-state index in [-0.39, 0.29) is 24.5 Å². The van der Waals surface area contributed by atoms with Crippen molar-refractivity contribution in [2.75, 3.05) is 38.2 Å². The summed E-state index contributed by atoms with van der Waals surface area (Å²) in [5.41, 5.74) is 2.56. The van der Waals surface area contributed by atoms with Gasteiger partial charge in [0.25, 0.3) is 0 Å². The van der Waals surface area contributed by atoms with Crippen LogP contribution in [-0.4, -0.2) is 92.0 Å². The molecule has 4 heterocycles. The first-order chi connectivity index (χ1) is 19.1. The molecule has 2 N–H and O–H groups in total. The molecule has 1 saturated heterocycles. The second-order valence-electron chi connectivity index (χ2n) is 11.1. The summed E-state index contributed by atoms with van der Waals surface area (Å²) in [5.74, 6) is 0.462. The van der Waals surface area contributed by atoms with E-state index in [9.17, 15) is 18.7 Å². The topological polar surface area (TPSA) is 119 Å². The Morgan fingerprint density at radius 3 is 2.65 bits per heavy atom. The quantitative estimate of drug-likeness (QED) is 0.409. The molecular weight excluding hydrogens is 524 g/mol. The minimum atomic E-state index is -2.84. The molecule has 218 valence electrons. The molecule has 1 aliphatic heterocycles. The molecule has 13 heteroatoms. The van der Waals surface area contributed by atoms with Crippen molar-refractivity contribution in [3.63, 3.8) is 0 Å². The summed E-state index contributed by atoms with van der Waals surface area (Å²) in [6.07, 6.45) is 8.08. The Morgan fingerprint density at radius 2 is 1.95 bits per heavy atom. The molecule has 3 aromatic heterocycles. The van der Waals surface area contributed by atoms with Crippen LogP contribution in [0.1, 0.15) is 58.1 Å². The van der Waals surface area contributed by atoms with Crippen LogP contribution in [0.2, 0.25) is 0 Å². The molecule has 1 amide bonds. The highest BCUT2D eigenvalue weighted by Gasteiger charge is 2.36. The number of morpholine rings is 1. The lowest BCUT2D eigenvalue weighted by molar-refractivity contribution is -0.143. The lowest BCUT2D eigenvalue weighted by Crippen LogP contribution is -2.51. The second kappa shape index (κ2) is 11.8. The third-order valence-corrected chi connectivity index (χ3v) is 7.80. The van der Waals surface area contributed by atoms with Crippen LogP contribution in [0, 0.1) is 0 Å². The molecule has 0 unspecified atom stereocenters. The number of anilines is 1. The van der Waals surface area contributed by atoms with Gasteiger partial charge in [0, 0.05) is 48.1 Å². The zero-order valence-corrected chi connectivity index (χ0v) is 23.1. The number of nitrogens with one attached hydrogen (secondary N) is 1. The van der Waals surface area contributed by atoms with E-state index in [0.29, 0.717) is 45.1 Å².